The molecule has 0 aliphatic heterocycles. The first kappa shape index (κ1) is 13.1. The highest BCUT2D eigenvalue weighted by Crippen LogP contribution is 2.36. The molecule has 1 radical (unpaired) electrons. The number of hydrogen-bond donors (Lipinski definition) is 0. The van der Waals surface area contributed by atoms with E-state index in [0.717, 1.165) is 17.5 Å². The molecule has 0 aliphatic rings. The number of hydrogen-bond acceptors (Lipinski definition) is 0. The highest BCUT2D eigenvalue weighted by atomic mass is 16.3. The summed E-state index contributed by atoms with van der Waals surface area (Å²) in [6.07, 6.45) is 0.843. The molecule has 0 heterocycles. The summed E-state index contributed by atoms with van der Waals surface area (Å²) in [4.78, 5) is 0. The zero-order chi connectivity index (χ0) is 12.6. The maximum atomic E-state index is 12.3. The van der Waals surface area contributed by atoms with Crippen molar-refractivity contribution in [2.45, 2.75) is 53.4 Å². The predicted molar refractivity (Wildman–Crippen MR) is 68.4 cm³/mol. The maximum absolute atomic E-state index is 12.3. The molecule has 1 nitrogen and oxygen atoms in total. The Morgan fingerprint density at radius 2 is 1.56 bits per heavy atom. The highest BCUT2D eigenvalue weighted by molar-refractivity contribution is 5.44. The lowest BCUT2D eigenvalue weighted by atomic mass is 9.82. The molecule has 0 atom stereocenters. The fraction of sp³-hybridized carbons (Fsp3) is 0.600. The van der Waals surface area contributed by atoms with Crippen molar-refractivity contribution in [1.82, 2.24) is 0 Å². The van der Waals surface area contributed by atoms with Crippen LogP contribution in [0.1, 0.15) is 52.7 Å². The summed E-state index contributed by atoms with van der Waals surface area (Å²) < 4.78 is 0. The van der Waals surface area contributed by atoms with Crippen LogP contribution in [-0.2, 0) is 16.9 Å². The topological polar surface area (TPSA) is 19.9 Å². The van der Waals surface area contributed by atoms with Gasteiger partial charge in [0.25, 0.3) is 0 Å². The molecule has 1 heteroatoms. The van der Waals surface area contributed by atoms with Crippen LogP contribution in [0.3, 0.4) is 0 Å². The van der Waals surface area contributed by atoms with Crippen LogP contribution in [0.25, 0.3) is 0 Å². The Bertz CT molecular complexity index is 364. The van der Waals surface area contributed by atoms with Gasteiger partial charge in [-0.05, 0) is 17.3 Å². The largest absolute Gasteiger partial charge is 0.289 e. The Morgan fingerprint density at radius 1 is 1.00 bits per heavy atom. The van der Waals surface area contributed by atoms with Crippen molar-refractivity contribution in [3.8, 4) is 5.75 Å². The van der Waals surface area contributed by atoms with Crippen molar-refractivity contribution in [3.63, 3.8) is 0 Å². The van der Waals surface area contributed by atoms with E-state index in [0.29, 0.717) is 0 Å². The van der Waals surface area contributed by atoms with E-state index in [9.17, 15) is 5.11 Å². The van der Waals surface area contributed by atoms with Gasteiger partial charge in [0.2, 0.25) is 0 Å². The van der Waals surface area contributed by atoms with Crippen molar-refractivity contribution in [1.29, 1.82) is 0 Å². The molecule has 1 aromatic rings. The van der Waals surface area contributed by atoms with Gasteiger partial charge >= 0.3 is 0 Å². The van der Waals surface area contributed by atoms with Gasteiger partial charge in [0.1, 0.15) is 0 Å². The van der Waals surface area contributed by atoms with Gasteiger partial charge in [0, 0.05) is 11.1 Å². The van der Waals surface area contributed by atoms with Crippen molar-refractivity contribution >= 4 is 0 Å². The average Bonchev–Trinajstić information content (AvgIpc) is 2.04. The van der Waals surface area contributed by atoms with Crippen LogP contribution in [0, 0.1) is 5.41 Å². The molecule has 0 fully saturated rings. The van der Waals surface area contributed by atoms with E-state index in [-0.39, 0.29) is 16.6 Å². The van der Waals surface area contributed by atoms with Crippen molar-refractivity contribution in [2.75, 3.05) is 0 Å². The van der Waals surface area contributed by atoms with Crippen molar-refractivity contribution in [2.24, 2.45) is 5.41 Å². The molecule has 0 amide bonds. The van der Waals surface area contributed by atoms with Crippen molar-refractivity contribution in [3.05, 3.63) is 29.3 Å². The third-order valence-corrected chi connectivity index (χ3v) is 2.63. The monoisotopic (exact) mass is 219 g/mol. The molecule has 0 N–H and O–H groups in total. The van der Waals surface area contributed by atoms with Gasteiger partial charge in [0.15, 0.2) is 5.75 Å². The van der Waals surface area contributed by atoms with E-state index < -0.39 is 0 Å². The lowest BCUT2D eigenvalue weighted by molar-refractivity contribution is 0.324. The van der Waals surface area contributed by atoms with Crippen LogP contribution in [-0.4, -0.2) is 0 Å². The van der Waals surface area contributed by atoms with E-state index >= 15 is 0 Å². The molecule has 0 aliphatic carbocycles. The first-order chi connectivity index (χ1) is 7.11. The number of rotatable bonds is 1. The Balaban J connectivity index is 3.15. The summed E-state index contributed by atoms with van der Waals surface area (Å²) in [6.45, 7) is 12.8. The van der Waals surface area contributed by atoms with Crippen LogP contribution in [0.4, 0.5) is 0 Å². The van der Waals surface area contributed by atoms with E-state index in [1.807, 2.05) is 18.2 Å². The molecule has 0 spiro atoms. The summed E-state index contributed by atoms with van der Waals surface area (Å²) in [5, 5.41) is 12.3. The van der Waals surface area contributed by atoms with E-state index in [4.69, 9.17) is 0 Å². The van der Waals surface area contributed by atoms with Crippen LogP contribution >= 0.6 is 0 Å². The lowest BCUT2D eigenvalue weighted by Gasteiger charge is -2.23. The molecule has 16 heavy (non-hydrogen) atoms. The molecule has 0 saturated heterocycles. The second-order valence-electron chi connectivity index (χ2n) is 6.78. The fourth-order valence-corrected chi connectivity index (χ4v) is 1.89. The molecule has 0 aromatic heterocycles. The SMILES string of the molecule is CC(C)(C)Cc1cccc(C(C)(C)C)c1[O]. The van der Waals surface area contributed by atoms with Crippen LogP contribution in [0.2, 0.25) is 0 Å². The van der Waals surface area contributed by atoms with Gasteiger partial charge in [-0.2, -0.15) is 0 Å². The van der Waals surface area contributed by atoms with E-state index in [1.165, 1.54) is 0 Å². The summed E-state index contributed by atoms with van der Waals surface area (Å²) in [6, 6.07) is 5.92. The molecule has 0 unspecified atom stereocenters. The van der Waals surface area contributed by atoms with Gasteiger partial charge < -0.3 is 0 Å². The Morgan fingerprint density at radius 3 is 2.00 bits per heavy atom. The minimum atomic E-state index is -0.0645. The van der Waals surface area contributed by atoms with E-state index in [2.05, 4.69) is 41.5 Å². The Labute approximate surface area is 99.5 Å². The minimum Gasteiger partial charge on any atom is -0.289 e. The molecule has 89 valence electrons. The number of benzene rings is 1. The third kappa shape index (κ3) is 3.26. The van der Waals surface area contributed by atoms with E-state index in [1.54, 1.807) is 0 Å². The second kappa shape index (κ2) is 4.12. The highest BCUT2D eigenvalue weighted by Gasteiger charge is 2.23. The minimum absolute atomic E-state index is 0.0645. The number of para-hydroxylation sites is 1. The molecular weight excluding hydrogens is 196 g/mol. The molecule has 0 saturated carbocycles. The third-order valence-electron chi connectivity index (χ3n) is 2.63. The first-order valence-electron chi connectivity index (χ1n) is 5.91. The Kier molecular flexibility index (Phi) is 3.37. The molecule has 1 rings (SSSR count). The quantitative estimate of drug-likeness (QED) is 0.651. The average molecular weight is 219 g/mol. The van der Waals surface area contributed by atoms with Crippen LogP contribution in [0.5, 0.6) is 5.75 Å². The summed E-state index contributed by atoms with van der Waals surface area (Å²) in [5.74, 6) is 0.227. The predicted octanol–water partition coefficient (Wildman–Crippen LogP) is 4.72. The van der Waals surface area contributed by atoms with Gasteiger partial charge in [-0.15, -0.1) is 0 Å². The Hall–Kier alpha value is -0.980. The smallest absolute Gasteiger partial charge is 0.185 e. The maximum Gasteiger partial charge on any atom is 0.185 e. The zero-order valence-corrected chi connectivity index (χ0v) is 11.3. The summed E-state index contributed by atoms with van der Waals surface area (Å²) >= 11 is 0. The van der Waals surface area contributed by atoms with Gasteiger partial charge in [-0.3, -0.25) is 5.11 Å². The fourth-order valence-electron chi connectivity index (χ4n) is 1.89. The van der Waals surface area contributed by atoms with Gasteiger partial charge in [-0.25, -0.2) is 0 Å². The first-order valence-corrected chi connectivity index (χ1v) is 5.91. The lowest BCUT2D eigenvalue weighted by Crippen LogP contribution is -2.14. The standard InChI is InChI=1S/C15H23O/c1-14(2,3)10-11-8-7-9-12(13(11)16)15(4,5)6/h7-9H,10H2,1-6H3. The van der Waals surface area contributed by atoms with Crippen molar-refractivity contribution < 1.29 is 5.11 Å². The summed E-state index contributed by atoms with van der Waals surface area (Å²) in [7, 11) is 0. The van der Waals surface area contributed by atoms with Gasteiger partial charge in [-0.1, -0.05) is 59.7 Å². The second-order valence-corrected chi connectivity index (χ2v) is 6.78. The summed E-state index contributed by atoms with van der Waals surface area (Å²) in [5.41, 5.74) is 1.97. The molecule has 1 aromatic carbocycles. The molecular formula is C15H23O. The zero-order valence-electron chi connectivity index (χ0n) is 11.3. The normalized spacial score (nSPS) is 12.9. The van der Waals surface area contributed by atoms with Crippen LogP contribution < -0.4 is 0 Å². The van der Waals surface area contributed by atoms with Gasteiger partial charge in [0.05, 0.1) is 0 Å². The molecule has 0 bridgehead atoms. The van der Waals surface area contributed by atoms with Crippen LogP contribution in [0.15, 0.2) is 18.2 Å².